The summed E-state index contributed by atoms with van der Waals surface area (Å²) in [5.41, 5.74) is 2.29. The van der Waals surface area contributed by atoms with Crippen LogP contribution in [0.15, 0.2) is 29.3 Å². The fraction of sp³-hybridized carbons (Fsp3) is 0.619. The molecule has 0 atom stereocenters. The van der Waals surface area contributed by atoms with Crippen LogP contribution in [-0.4, -0.2) is 52.1 Å². The topological polar surface area (TPSA) is 57.5 Å². The Morgan fingerprint density at radius 1 is 1.14 bits per heavy atom. The molecule has 0 radical (unpaired) electrons. The second-order valence-electron chi connectivity index (χ2n) is 7.98. The van der Waals surface area contributed by atoms with Crippen LogP contribution >= 0.6 is 24.0 Å². The second-order valence-corrected chi connectivity index (χ2v) is 7.98. The number of aryl methyl sites for hydroxylation is 1. The highest BCUT2D eigenvalue weighted by Crippen LogP contribution is 2.20. The highest BCUT2D eigenvalue weighted by Gasteiger charge is 2.27. The summed E-state index contributed by atoms with van der Waals surface area (Å²) in [6.07, 6.45) is 3.98. The first-order valence-corrected chi connectivity index (χ1v) is 10.2. The summed E-state index contributed by atoms with van der Waals surface area (Å²) >= 11 is 0. The number of fused-ring (bicyclic) bond motifs is 1. The zero-order valence-corrected chi connectivity index (χ0v) is 20.0. The van der Waals surface area contributed by atoms with Crippen molar-refractivity contribution in [2.45, 2.75) is 52.1 Å². The van der Waals surface area contributed by atoms with Gasteiger partial charge in [0.25, 0.3) is 0 Å². The van der Waals surface area contributed by atoms with Crippen LogP contribution in [0.25, 0.3) is 11.0 Å². The maximum atomic E-state index is 4.78. The molecule has 6 nitrogen and oxygen atoms in total. The molecule has 7 heteroatoms. The molecule has 1 fully saturated rings. The Kier molecular flexibility index (Phi) is 8.55. The quantitative estimate of drug-likeness (QED) is 0.364. The monoisotopic (exact) mass is 498 g/mol. The molecule has 0 aliphatic carbocycles. The standard InChI is InChI=1S/C21H34N6.HI/c1-5-22-20(24-16-21(2,3)27-13-9-6-10-14-27)23-15-19-25-17-11-7-8-12-18(17)26(19)4;/h7-8,11-12H,5-6,9-10,13-16H2,1-4H3,(H2,22,23,24);1H. The molecule has 2 heterocycles. The number of halogens is 1. The lowest BCUT2D eigenvalue weighted by Gasteiger charge is -2.41. The summed E-state index contributed by atoms with van der Waals surface area (Å²) in [5.74, 6) is 1.83. The van der Waals surface area contributed by atoms with Crippen LogP contribution in [0.3, 0.4) is 0 Å². The van der Waals surface area contributed by atoms with Crippen molar-refractivity contribution in [2.75, 3.05) is 26.2 Å². The van der Waals surface area contributed by atoms with Crippen molar-refractivity contribution < 1.29 is 0 Å². The van der Waals surface area contributed by atoms with E-state index in [0.717, 1.165) is 35.9 Å². The molecule has 1 aromatic heterocycles. The van der Waals surface area contributed by atoms with Crippen molar-refractivity contribution in [3.05, 3.63) is 30.1 Å². The van der Waals surface area contributed by atoms with Gasteiger partial charge < -0.3 is 15.2 Å². The predicted octanol–water partition coefficient (Wildman–Crippen LogP) is 3.51. The number of likely N-dealkylation sites (tertiary alicyclic amines) is 1. The van der Waals surface area contributed by atoms with Gasteiger partial charge in [-0.05, 0) is 58.8 Å². The highest BCUT2D eigenvalue weighted by molar-refractivity contribution is 14.0. The van der Waals surface area contributed by atoms with Crippen LogP contribution in [0, 0.1) is 0 Å². The van der Waals surface area contributed by atoms with Gasteiger partial charge in [-0.2, -0.15) is 0 Å². The number of aromatic nitrogens is 2. The largest absolute Gasteiger partial charge is 0.357 e. The van der Waals surface area contributed by atoms with E-state index in [4.69, 9.17) is 9.98 Å². The van der Waals surface area contributed by atoms with Crippen molar-refractivity contribution in [2.24, 2.45) is 12.0 Å². The van der Waals surface area contributed by atoms with Crippen molar-refractivity contribution in [1.82, 2.24) is 25.1 Å². The number of nitrogens with one attached hydrogen (secondary N) is 2. The first-order valence-electron chi connectivity index (χ1n) is 10.2. The molecule has 0 saturated carbocycles. The van der Waals surface area contributed by atoms with Crippen LogP contribution in [0.5, 0.6) is 0 Å². The summed E-state index contributed by atoms with van der Waals surface area (Å²) in [6.45, 7) is 11.4. The molecular weight excluding hydrogens is 463 g/mol. The van der Waals surface area contributed by atoms with Crippen molar-refractivity contribution >= 4 is 41.0 Å². The van der Waals surface area contributed by atoms with Gasteiger partial charge in [0.15, 0.2) is 5.96 Å². The average Bonchev–Trinajstić information content (AvgIpc) is 3.01. The maximum absolute atomic E-state index is 4.78. The summed E-state index contributed by atoms with van der Waals surface area (Å²) < 4.78 is 2.13. The third-order valence-electron chi connectivity index (χ3n) is 5.50. The molecular formula is C21H35IN6. The van der Waals surface area contributed by atoms with Crippen LogP contribution < -0.4 is 10.6 Å². The minimum absolute atomic E-state index is 0. The second kappa shape index (κ2) is 10.4. The molecule has 0 spiro atoms. The molecule has 0 amide bonds. The Bertz CT molecular complexity index is 776. The number of para-hydroxylation sites is 2. The summed E-state index contributed by atoms with van der Waals surface area (Å²) in [4.78, 5) is 12.1. The number of guanidine groups is 1. The molecule has 3 rings (SSSR count). The van der Waals surface area contributed by atoms with Gasteiger partial charge in [-0.1, -0.05) is 18.6 Å². The zero-order chi connectivity index (χ0) is 19.3. The fourth-order valence-corrected chi connectivity index (χ4v) is 3.74. The third kappa shape index (κ3) is 5.59. The van der Waals surface area contributed by atoms with Crippen LogP contribution in [0.2, 0.25) is 0 Å². The van der Waals surface area contributed by atoms with E-state index in [2.05, 4.69) is 54.0 Å². The van der Waals surface area contributed by atoms with Crippen LogP contribution in [0.1, 0.15) is 45.9 Å². The van der Waals surface area contributed by atoms with E-state index in [1.54, 1.807) is 0 Å². The van der Waals surface area contributed by atoms with E-state index in [9.17, 15) is 0 Å². The van der Waals surface area contributed by atoms with E-state index in [-0.39, 0.29) is 29.5 Å². The molecule has 1 aliphatic heterocycles. The molecule has 1 aromatic carbocycles. The Hall–Kier alpha value is -1.35. The Labute approximate surface area is 186 Å². The van der Waals surface area contributed by atoms with Gasteiger partial charge in [0, 0.05) is 25.7 Å². The summed E-state index contributed by atoms with van der Waals surface area (Å²) in [6, 6.07) is 8.22. The molecule has 2 N–H and O–H groups in total. The van der Waals surface area contributed by atoms with Crippen molar-refractivity contribution in [3.8, 4) is 0 Å². The van der Waals surface area contributed by atoms with Gasteiger partial charge in [-0.25, -0.2) is 9.98 Å². The number of imidazole rings is 1. The van der Waals surface area contributed by atoms with Gasteiger partial charge in [0.05, 0.1) is 11.0 Å². The summed E-state index contributed by atoms with van der Waals surface area (Å²) in [7, 11) is 2.06. The molecule has 2 aromatic rings. The van der Waals surface area contributed by atoms with Gasteiger partial charge in [-0.3, -0.25) is 4.90 Å². The number of piperidine rings is 1. The molecule has 1 aliphatic rings. The Balaban J connectivity index is 0.00000280. The minimum atomic E-state index is 0. The maximum Gasteiger partial charge on any atom is 0.191 e. The number of aliphatic imine (C=N–C) groups is 1. The third-order valence-corrected chi connectivity index (χ3v) is 5.50. The normalized spacial score (nSPS) is 16.1. The highest BCUT2D eigenvalue weighted by atomic mass is 127. The number of hydrogen-bond donors (Lipinski definition) is 2. The first kappa shape index (κ1) is 22.9. The van der Waals surface area contributed by atoms with E-state index in [1.807, 2.05) is 18.2 Å². The SMILES string of the molecule is CCNC(=NCc1nc2ccccc2n1C)NCC(C)(C)N1CCCCC1.I. The lowest BCUT2D eigenvalue weighted by Crippen LogP contribution is -2.54. The molecule has 156 valence electrons. The van der Waals surface area contributed by atoms with Gasteiger partial charge in [-0.15, -0.1) is 24.0 Å². The summed E-state index contributed by atoms with van der Waals surface area (Å²) in [5, 5.41) is 6.91. The predicted molar refractivity (Wildman–Crippen MR) is 128 cm³/mol. The zero-order valence-electron chi connectivity index (χ0n) is 17.7. The number of benzene rings is 1. The fourth-order valence-electron chi connectivity index (χ4n) is 3.74. The molecule has 1 saturated heterocycles. The number of nitrogens with zero attached hydrogens (tertiary/aromatic N) is 4. The van der Waals surface area contributed by atoms with E-state index >= 15 is 0 Å². The molecule has 28 heavy (non-hydrogen) atoms. The van der Waals surface area contributed by atoms with Gasteiger partial charge in [0.1, 0.15) is 12.4 Å². The van der Waals surface area contributed by atoms with Crippen molar-refractivity contribution in [3.63, 3.8) is 0 Å². The molecule has 0 unspecified atom stereocenters. The van der Waals surface area contributed by atoms with E-state index in [0.29, 0.717) is 6.54 Å². The van der Waals surface area contributed by atoms with Gasteiger partial charge >= 0.3 is 0 Å². The van der Waals surface area contributed by atoms with Gasteiger partial charge in [0.2, 0.25) is 0 Å². The molecule has 0 bridgehead atoms. The van der Waals surface area contributed by atoms with E-state index < -0.39 is 0 Å². The number of rotatable bonds is 6. The first-order chi connectivity index (χ1) is 13.0. The van der Waals surface area contributed by atoms with Crippen molar-refractivity contribution in [1.29, 1.82) is 0 Å². The average molecular weight is 498 g/mol. The van der Waals surface area contributed by atoms with E-state index in [1.165, 1.54) is 32.4 Å². The number of hydrogen-bond acceptors (Lipinski definition) is 3. The van der Waals surface area contributed by atoms with Crippen LogP contribution in [0.4, 0.5) is 0 Å². The van der Waals surface area contributed by atoms with Crippen LogP contribution in [-0.2, 0) is 13.6 Å². The lowest BCUT2D eigenvalue weighted by atomic mass is 9.98. The lowest BCUT2D eigenvalue weighted by molar-refractivity contribution is 0.0982. The Morgan fingerprint density at radius 2 is 1.86 bits per heavy atom. The smallest absolute Gasteiger partial charge is 0.191 e. The Morgan fingerprint density at radius 3 is 2.54 bits per heavy atom. The minimum Gasteiger partial charge on any atom is -0.357 e.